The highest BCUT2D eigenvalue weighted by Gasteiger charge is 2.19. The highest BCUT2D eigenvalue weighted by Crippen LogP contribution is 2.19. The average Bonchev–Trinajstić information content (AvgIpc) is 2.55. The third-order valence-electron chi connectivity index (χ3n) is 3.34. The van der Waals surface area contributed by atoms with E-state index in [1.807, 2.05) is 49.4 Å². The van der Waals surface area contributed by atoms with Crippen molar-refractivity contribution in [1.82, 2.24) is 5.32 Å². The molecule has 0 fully saturated rings. The standard InChI is InChI=1S/C18H20N2O2S/c1-13-7-9-15(10-8-13)23-12-11-16(21)20-17(18(19)22)14-5-3-2-4-6-14/h2-10,17H,11-12H2,1H3,(H2,19,22)(H,20,21). The van der Waals surface area contributed by atoms with Crippen molar-refractivity contribution in [2.75, 3.05) is 5.75 Å². The summed E-state index contributed by atoms with van der Waals surface area (Å²) in [5, 5.41) is 2.70. The molecular weight excluding hydrogens is 308 g/mol. The van der Waals surface area contributed by atoms with E-state index in [2.05, 4.69) is 5.32 Å². The third-order valence-corrected chi connectivity index (χ3v) is 4.36. The van der Waals surface area contributed by atoms with E-state index in [0.717, 1.165) is 4.90 Å². The van der Waals surface area contributed by atoms with Gasteiger partial charge in [-0.25, -0.2) is 0 Å². The van der Waals surface area contributed by atoms with Crippen molar-refractivity contribution in [3.05, 3.63) is 65.7 Å². The van der Waals surface area contributed by atoms with Gasteiger partial charge in [-0.3, -0.25) is 9.59 Å². The first-order chi connectivity index (χ1) is 11.1. The first kappa shape index (κ1) is 17.1. The Morgan fingerprint density at radius 1 is 1.09 bits per heavy atom. The van der Waals surface area contributed by atoms with Crippen molar-refractivity contribution >= 4 is 23.6 Å². The molecule has 0 aliphatic rings. The van der Waals surface area contributed by atoms with E-state index in [1.165, 1.54) is 5.56 Å². The van der Waals surface area contributed by atoms with Gasteiger partial charge in [-0.05, 0) is 24.6 Å². The topological polar surface area (TPSA) is 72.2 Å². The molecule has 2 aromatic carbocycles. The fourth-order valence-electron chi connectivity index (χ4n) is 2.09. The molecule has 1 unspecified atom stereocenters. The zero-order valence-corrected chi connectivity index (χ0v) is 13.8. The largest absolute Gasteiger partial charge is 0.368 e. The van der Waals surface area contributed by atoms with Crippen LogP contribution in [0.1, 0.15) is 23.6 Å². The van der Waals surface area contributed by atoms with Gasteiger partial charge < -0.3 is 11.1 Å². The number of hydrogen-bond donors (Lipinski definition) is 2. The zero-order chi connectivity index (χ0) is 16.7. The molecule has 0 aromatic heterocycles. The number of nitrogens with two attached hydrogens (primary N) is 1. The van der Waals surface area contributed by atoms with E-state index in [-0.39, 0.29) is 5.91 Å². The summed E-state index contributed by atoms with van der Waals surface area (Å²) in [7, 11) is 0. The van der Waals surface area contributed by atoms with Crippen LogP contribution in [0.2, 0.25) is 0 Å². The van der Waals surface area contributed by atoms with Crippen LogP contribution in [-0.2, 0) is 9.59 Å². The smallest absolute Gasteiger partial charge is 0.244 e. The van der Waals surface area contributed by atoms with Gasteiger partial charge in [-0.2, -0.15) is 0 Å². The molecule has 0 saturated carbocycles. The van der Waals surface area contributed by atoms with E-state index in [1.54, 1.807) is 23.9 Å². The predicted molar refractivity (Wildman–Crippen MR) is 93.0 cm³/mol. The number of carbonyl (C=O) groups is 2. The number of rotatable bonds is 7. The molecule has 120 valence electrons. The van der Waals surface area contributed by atoms with E-state index < -0.39 is 11.9 Å². The lowest BCUT2D eigenvalue weighted by molar-refractivity contribution is -0.127. The van der Waals surface area contributed by atoms with Crippen LogP contribution in [0.4, 0.5) is 0 Å². The number of carbonyl (C=O) groups excluding carboxylic acids is 2. The second-order valence-electron chi connectivity index (χ2n) is 5.23. The first-order valence-corrected chi connectivity index (χ1v) is 8.38. The van der Waals surface area contributed by atoms with E-state index >= 15 is 0 Å². The number of nitrogens with one attached hydrogen (secondary N) is 1. The first-order valence-electron chi connectivity index (χ1n) is 7.39. The van der Waals surface area contributed by atoms with Gasteiger partial charge in [0.05, 0.1) is 0 Å². The number of primary amides is 1. The molecule has 2 amide bonds. The second kappa shape index (κ2) is 8.39. The molecule has 0 spiro atoms. The maximum Gasteiger partial charge on any atom is 0.244 e. The van der Waals surface area contributed by atoms with Crippen LogP contribution in [0.5, 0.6) is 0 Å². The van der Waals surface area contributed by atoms with E-state index in [0.29, 0.717) is 17.7 Å². The van der Waals surface area contributed by atoms with Crippen LogP contribution < -0.4 is 11.1 Å². The predicted octanol–water partition coefficient (Wildman–Crippen LogP) is 2.82. The summed E-state index contributed by atoms with van der Waals surface area (Å²) in [5.74, 6) is -0.0946. The Morgan fingerprint density at radius 3 is 2.35 bits per heavy atom. The maximum absolute atomic E-state index is 12.0. The van der Waals surface area contributed by atoms with Crippen LogP contribution in [0.15, 0.2) is 59.5 Å². The molecule has 0 heterocycles. The molecule has 0 radical (unpaired) electrons. The highest BCUT2D eigenvalue weighted by molar-refractivity contribution is 7.99. The molecule has 23 heavy (non-hydrogen) atoms. The minimum Gasteiger partial charge on any atom is -0.368 e. The summed E-state index contributed by atoms with van der Waals surface area (Å²) in [5.41, 5.74) is 7.29. The fourth-order valence-corrected chi connectivity index (χ4v) is 2.95. The maximum atomic E-state index is 12.0. The second-order valence-corrected chi connectivity index (χ2v) is 6.39. The molecule has 2 rings (SSSR count). The summed E-state index contributed by atoms with van der Waals surface area (Å²) in [6, 6.07) is 16.4. The van der Waals surface area contributed by atoms with Crippen molar-refractivity contribution in [2.45, 2.75) is 24.3 Å². The highest BCUT2D eigenvalue weighted by atomic mass is 32.2. The molecule has 3 N–H and O–H groups in total. The van der Waals surface area contributed by atoms with Crippen LogP contribution in [0, 0.1) is 6.92 Å². The quantitative estimate of drug-likeness (QED) is 0.768. The molecule has 1 atom stereocenters. The van der Waals surface area contributed by atoms with Crippen molar-refractivity contribution in [3.63, 3.8) is 0 Å². The Labute approximate surface area is 140 Å². The normalized spacial score (nSPS) is 11.7. The van der Waals surface area contributed by atoms with Crippen molar-refractivity contribution in [2.24, 2.45) is 5.73 Å². The number of thioether (sulfide) groups is 1. The Balaban J connectivity index is 1.85. The molecule has 2 aromatic rings. The number of benzene rings is 2. The van der Waals surface area contributed by atoms with Crippen molar-refractivity contribution < 1.29 is 9.59 Å². The third kappa shape index (κ3) is 5.45. The Hall–Kier alpha value is -2.27. The van der Waals surface area contributed by atoms with Gasteiger partial charge in [-0.1, -0.05) is 48.0 Å². The van der Waals surface area contributed by atoms with Gasteiger partial charge in [0.1, 0.15) is 6.04 Å². The summed E-state index contributed by atoms with van der Waals surface area (Å²) < 4.78 is 0. The van der Waals surface area contributed by atoms with Gasteiger partial charge in [0.15, 0.2) is 0 Å². The van der Waals surface area contributed by atoms with Gasteiger partial charge in [0.25, 0.3) is 0 Å². The average molecular weight is 328 g/mol. The molecule has 0 bridgehead atoms. The SMILES string of the molecule is Cc1ccc(SCCC(=O)NC(C(N)=O)c2ccccc2)cc1. The molecule has 0 aliphatic carbocycles. The van der Waals surface area contributed by atoms with E-state index in [9.17, 15) is 9.59 Å². The molecule has 0 aliphatic heterocycles. The Morgan fingerprint density at radius 2 is 1.74 bits per heavy atom. The molecular formula is C18H20N2O2S. The Kier molecular flexibility index (Phi) is 6.23. The van der Waals surface area contributed by atoms with Gasteiger partial charge in [0.2, 0.25) is 11.8 Å². The van der Waals surface area contributed by atoms with Gasteiger partial charge >= 0.3 is 0 Å². The summed E-state index contributed by atoms with van der Waals surface area (Å²) >= 11 is 1.61. The lowest BCUT2D eigenvalue weighted by atomic mass is 10.1. The van der Waals surface area contributed by atoms with Crippen LogP contribution in [0.3, 0.4) is 0 Å². The van der Waals surface area contributed by atoms with Gasteiger partial charge in [0, 0.05) is 17.1 Å². The lowest BCUT2D eigenvalue weighted by Crippen LogP contribution is -2.37. The van der Waals surface area contributed by atoms with Crippen LogP contribution in [0.25, 0.3) is 0 Å². The molecule has 0 saturated heterocycles. The molecule has 4 nitrogen and oxygen atoms in total. The number of amides is 2. The minimum absolute atomic E-state index is 0.183. The van der Waals surface area contributed by atoms with Crippen LogP contribution >= 0.6 is 11.8 Å². The fraction of sp³-hybridized carbons (Fsp3) is 0.222. The summed E-state index contributed by atoms with van der Waals surface area (Å²) in [6.07, 6.45) is 0.329. The zero-order valence-electron chi connectivity index (χ0n) is 13.0. The monoisotopic (exact) mass is 328 g/mol. The van der Waals surface area contributed by atoms with Crippen molar-refractivity contribution in [3.8, 4) is 0 Å². The van der Waals surface area contributed by atoms with Crippen LogP contribution in [-0.4, -0.2) is 17.6 Å². The van der Waals surface area contributed by atoms with Gasteiger partial charge in [-0.15, -0.1) is 11.8 Å². The minimum atomic E-state index is -0.784. The lowest BCUT2D eigenvalue weighted by Gasteiger charge is -2.15. The van der Waals surface area contributed by atoms with E-state index in [4.69, 9.17) is 5.73 Å². The molecule has 5 heteroatoms. The number of hydrogen-bond acceptors (Lipinski definition) is 3. The Bertz CT molecular complexity index is 656. The number of aryl methyl sites for hydroxylation is 1. The van der Waals surface area contributed by atoms with Crippen molar-refractivity contribution in [1.29, 1.82) is 0 Å². The summed E-state index contributed by atoms with van der Waals surface area (Å²) in [4.78, 5) is 24.7. The summed E-state index contributed by atoms with van der Waals surface area (Å²) in [6.45, 7) is 2.04.